The van der Waals surface area contributed by atoms with Crippen LogP contribution in [-0.4, -0.2) is 47.0 Å². The number of carbonyl (C=O) groups excluding carboxylic acids is 2. The molecule has 2 aliphatic heterocycles. The highest BCUT2D eigenvalue weighted by molar-refractivity contribution is 9.10. The Morgan fingerprint density at radius 2 is 2.27 bits per heavy atom. The molecule has 4 heterocycles. The second kappa shape index (κ2) is 6.88. The first kappa shape index (κ1) is 17.3. The van der Waals surface area contributed by atoms with Crippen molar-refractivity contribution < 1.29 is 9.59 Å². The Kier molecular flexibility index (Phi) is 4.58. The summed E-state index contributed by atoms with van der Waals surface area (Å²) < 4.78 is 0.864. The Bertz CT molecular complexity index is 866. The standard InChI is InChI=1S/C17H21BrN6O2/c18-10-6-20-16-14(15(10)24-5-1-2-9(19)8-24)12(7-21-16)23-17(26)11-3-4-13(25)22-11/h6-7,9,11H,1-5,8,19H2,(H,20,21)(H,22,25)(H,23,26)/t9-,11?/m1/s1. The number of rotatable bonds is 3. The number of carbonyl (C=O) groups is 2. The number of anilines is 2. The SMILES string of the molecule is N[C@@H]1CCCN(c2c(Br)cnc3[nH]cc(NC(=O)C4CCC(=O)N4)c23)C1. The second-order valence-corrected chi connectivity index (χ2v) is 7.73. The molecule has 2 aromatic heterocycles. The van der Waals surface area contributed by atoms with Crippen LogP contribution in [0.25, 0.3) is 11.0 Å². The fraction of sp³-hybridized carbons (Fsp3) is 0.471. The van der Waals surface area contributed by atoms with Crippen molar-refractivity contribution in [3.05, 3.63) is 16.9 Å². The molecule has 8 nitrogen and oxygen atoms in total. The third-order valence-electron chi connectivity index (χ3n) is 4.97. The number of nitrogens with two attached hydrogens (primary N) is 1. The average Bonchev–Trinajstić information content (AvgIpc) is 3.22. The van der Waals surface area contributed by atoms with Gasteiger partial charge >= 0.3 is 0 Å². The number of nitrogens with zero attached hydrogens (tertiary/aromatic N) is 2. The van der Waals surface area contributed by atoms with Gasteiger partial charge in [0.2, 0.25) is 11.8 Å². The van der Waals surface area contributed by atoms with E-state index in [1.807, 2.05) is 0 Å². The molecule has 0 aromatic carbocycles. The summed E-state index contributed by atoms with van der Waals surface area (Å²) in [6.07, 6.45) is 6.44. The lowest BCUT2D eigenvalue weighted by Gasteiger charge is -2.33. The molecule has 2 aromatic rings. The molecule has 2 atom stereocenters. The van der Waals surface area contributed by atoms with Crippen LogP contribution in [0.2, 0.25) is 0 Å². The number of pyridine rings is 1. The molecule has 2 amide bonds. The summed E-state index contributed by atoms with van der Waals surface area (Å²) in [7, 11) is 0. The first-order valence-electron chi connectivity index (χ1n) is 8.79. The Morgan fingerprint density at radius 1 is 1.42 bits per heavy atom. The number of hydrogen-bond acceptors (Lipinski definition) is 5. The number of hydrogen-bond donors (Lipinski definition) is 4. The Hall–Kier alpha value is -2.13. The summed E-state index contributed by atoms with van der Waals surface area (Å²) in [5.41, 5.74) is 8.50. The zero-order chi connectivity index (χ0) is 18.3. The van der Waals surface area contributed by atoms with E-state index >= 15 is 0 Å². The summed E-state index contributed by atoms with van der Waals surface area (Å²) in [6, 6.07) is -0.357. The van der Waals surface area contributed by atoms with Crippen LogP contribution in [0.3, 0.4) is 0 Å². The van der Waals surface area contributed by atoms with Crippen molar-refractivity contribution >= 4 is 50.2 Å². The van der Waals surface area contributed by atoms with Crippen LogP contribution in [0.4, 0.5) is 11.4 Å². The number of aromatic amines is 1. The number of piperidine rings is 1. The van der Waals surface area contributed by atoms with Gasteiger partial charge in [-0.2, -0.15) is 0 Å². The van der Waals surface area contributed by atoms with Crippen LogP contribution in [0.1, 0.15) is 25.7 Å². The molecule has 0 saturated carbocycles. The monoisotopic (exact) mass is 420 g/mol. The maximum atomic E-state index is 12.5. The van der Waals surface area contributed by atoms with E-state index in [2.05, 4.69) is 41.4 Å². The van der Waals surface area contributed by atoms with Crippen LogP contribution in [0.15, 0.2) is 16.9 Å². The van der Waals surface area contributed by atoms with Gasteiger partial charge in [-0.15, -0.1) is 0 Å². The quantitative estimate of drug-likeness (QED) is 0.599. The molecule has 9 heteroatoms. The van der Waals surface area contributed by atoms with Crippen molar-refractivity contribution in [2.75, 3.05) is 23.3 Å². The van der Waals surface area contributed by atoms with E-state index in [4.69, 9.17) is 5.73 Å². The van der Waals surface area contributed by atoms with Crippen molar-refractivity contribution in [2.24, 2.45) is 5.73 Å². The van der Waals surface area contributed by atoms with Gasteiger partial charge in [0.1, 0.15) is 11.7 Å². The van der Waals surface area contributed by atoms with Crippen molar-refractivity contribution in [1.82, 2.24) is 15.3 Å². The Morgan fingerprint density at radius 3 is 3.00 bits per heavy atom. The molecule has 2 aliphatic rings. The van der Waals surface area contributed by atoms with Crippen LogP contribution < -0.4 is 21.3 Å². The maximum absolute atomic E-state index is 12.5. The van der Waals surface area contributed by atoms with Crippen LogP contribution in [0, 0.1) is 0 Å². The molecular formula is C17H21BrN6O2. The van der Waals surface area contributed by atoms with E-state index in [1.165, 1.54) is 0 Å². The summed E-state index contributed by atoms with van der Waals surface area (Å²) in [5.74, 6) is -0.297. The Labute approximate surface area is 159 Å². The van der Waals surface area contributed by atoms with Gasteiger partial charge in [-0.25, -0.2) is 4.98 Å². The molecule has 2 saturated heterocycles. The molecule has 138 valence electrons. The molecule has 1 unspecified atom stereocenters. The highest BCUT2D eigenvalue weighted by Crippen LogP contribution is 2.38. The lowest BCUT2D eigenvalue weighted by atomic mass is 10.1. The van der Waals surface area contributed by atoms with Crippen molar-refractivity contribution in [1.29, 1.82) is 0 Å². The van der Waals surface area contributed by atoms with E-state index in [-0.39, 0.29) is 17.9 Å². The minimum atomic E-state index is -0.487. The molecule has 0 bridgehead atoms. The van der Waals surface area contributed by atoms with Crippen molar-refractivity contribution in [2.45, 2.75) is 37.8 Å². The zero-order valence-corrected chi connectivity index (χ0v) is 15.8. The van der Waals surface area contributed by atoms with Gasteiger partial charge in [-0.05, 0) is 35.2 Å². The van der Waals surface area contributed by atoms with Crippen molar-refractivity contribution in [3.8, 4) is 0 Å². The smallest absolute Gasteiger partial charge is 0.247 e. The fourth-order valence-corrected chi connectivity index (χ4v) is 4.26. The van der Waals surface area contributed by atoms with Gasteiger partial charge in [0.05, 0.1) is 21.2 Å². The fourth-order valence-electron chi connectivity index (χ4n) is 3.71. The van der Waals surface area contributed by atoms with E-state index in [9.17, 15) is 9.59 Å². The Balaban J connectivity index is 1.68. The van der Waals surface area contributed by atoms with Gasteiger partial charge in [-0.3, -0.25) is 9.59 Å². The molecule has 2 fully saturated rings. The molecule has 0 radical (unpaired) electrons. The predicted molar refractivity (Wildman–Crippen MR) is 103 cm³/mol. The highest BCUT2D eigenvalue weighted by Gasteiger charge is 2.29. The lowest BCUT2D eigenvalue weighted by molar-refractivity contribution is -0.122. The summed E-state index contributed by atoms with van der Waals surface area (Å²) in [4.78, 5) is 33.7. The van der Waals surface area contributed by atoms with Crippen LogP contribution in [-0.2, 0) is 9.59 Å². The van der Waals surface area contributed by atoms with Gasteiger partial charge in [0, 0.05) is 37.9 Å². The van der Waals surface area contributed by atoms with Crippen LogP contribution >= 0.6 is 15.9 Å². The average molecular weight is 421 g/mol. The van der Waals surface area contributed by atoms with Gasteiger partial charge in [0.15, 0.2) is 0 Å². The number of amides is 2. The predicted octanol–water partition coefficient (Wildman–Crippen LogP) is 1.47. The van der Waals surface area contributed by atoms with E-state index in [0.29, 0.717) is 24.2 Å². The van der Waals surface area contributed by atoms with E-state index < -0.39 is 6.04 Å². The third-order valence-corrected chi connectivity index (χ3v) is 5.55. The molecule has 26 heavy (non-hydrogen) atoms. The van der Waals surface area contributed by atoms with E-state index in [0.717, 1.165) is 41.5 Å². The number of nitrogens with one attached hydrogen (secondary N) is 3. The van der Waals surface area contributed by atoms with Gasteiger partial charge in [-0.1, -0.05) is 0 Å². The molecule has 5 N–H and O–H groups in total. The summed E-state index contributed by atoms with van der Waals surface area (Å²) >= 11 is 3.60. The second-order valence-electron chi connectivity index (χ2n) is 6.88. The normalized spacial score (nSPS) is 23.3. The summed E-state index contributed by atoms with van der Waals surface area (Å²) in [6.45, 7) is 1.66. The van der Waals surface area contributed by atoms with Gasteiger partial charge in [0.25, 0.3) is 0 Å². The number of halogens is 1. The largest absolute Gasteiger partial charge is 0.368 e. The number of H-pyrrole nitrogens is 1. The first-order chi connectivity index (χ1) is 12.5. The molecule has 4 rings (SSSR count). The number of aromatic nitrogens is 2. The molecular weight excluding hydrogens is 400 g/mol. The topological polar surface area (TPSA) is 116 Å². The molecule has 0 aliphatic carbocycles. The zero-order valence-electron chi connectivity index (χ0n) is 14.2. The van der Waals surface area contributed by atoms with E-state index in [1.54, 1.807) is 12.4 Å². The minimum absolute atomic E-state index is 0.0866. The minimum Gasteiger partial charge on any atom is -0.368 e. The van der Waals surface area contributed by atoms with Crippen molar-refractivity contribution in [3.63, 3.8) is 0 Å². The lowest BCUT2D eigenvalue weighted by Crippen LogP contribution is -2.43. The van der Waals surface area contributed by atoms with Gasteiger partial charge < -0.3 is 26.3 Å². The molecule has 0 spiro atoms. The van der Waals surface area contributed by atoms with Crippen LogP contribution in [0.5, 0.6) is 0 Å². The highest BCUT2D eigenvalue weighted by atomic mass is 79.9. The third kappa shape index (κ3) is 3.16. The number of fused-ring (bicyclic) bond motifs is 1. The summed E-state index contributed by atoms with van der Waals surface area (Å²) in [5, 5.41) is 6.49. The maximum Gasteiger partial charge on any atom is 0.247 e. The first-order valence-corrected chi connectivity index (χ1v) is 9.58.